The summed E-state index contributed by atoms with van der Waals surface area (Å²) in [6.07, 6.45) is 1.33. The molecule has 0 aliphatic rings. The third-order valence-electron chi connectivity index (χ3n) is 4.71. The first kappa shape index (κ1) is 25.8. The molecule has 0 heterocycles. The Hall–Kier alpha value is -4.86. The highest BCUT2D eigenvalue weighted by molar-refractivity contribution is 6.39. The maximum atomic E-state index is 12.5. The lowest BCUT2D eigenvalue weighted by Crippen LogP contribution is -2.32. The van der Waals surface area contributed by atoms with Crippen molar-refractivity contribution in [3.63, 3.8) is 0 Å². The SMILES string of the molecule is CCOc1cc(C=NNC(=O)C(=O)Nc2cccc(OC)c2)ccc1OC(=O)c1ccc(OC)cc1. The minimum Gasteiger partial charge on any atom is -0.497 e. The van der Waals surface area contributed by atoms with Gasteiger partial charge in [0, 0.05) is 11.8 Å². The molecular weight excluding hydrogens is 466 g/mol. The molecule has 0 atom stereocenters. The number of carbonyl (C=O) groups excluding carboxylic acids is 3. The van der Waals surface area contributed by atoms with Crippen molar-refractivity contribution in [3.8, 4) is 23.0 Å². The molecule has 0 bridgehead atoms. The molecule has 10 heteroatoms. The second-order valence-corrected chi connectivity index (χ2v) is 7.14. The summed E-state index contributed by atoms with van der Waals surface area (Å²) in [4.78, 5) is 36.6. The van der Waals surface area contributed by atoms with Crippen LogP contribution in [0.2, 0.25) is 0 Å². The second-order valence-electron chi connectivity index (χ2n) is 7.14. The normalized spacial score (nSPS) is 10.4. The Morgan fingerprint density at radius 3 is 2.31 bits per heavy atom. The van der Waals surface area contributed by atoms with Crippen LogP contribution in [0.25, 0.3) is 0 Å². The quantitative estimate of drug-likeness (QED) is 0.155. The van der Waals surface area contributed by atoms with Crippen LogP contribution in [0.1, 0.15) is 22.8 Å². The van der Waals surface area contributed by atoms with Gasteiger partial charge in [-0.05, 0) is 67.1 Å². The maximum absolute atomic E-state index is 12.5. The monoisotopic (exact) mass is 491 g/mol. The van der Waals surface area contributed by atoms with Crippen molar-refractivity contribution in [3.05, 3.63) is 77.9 Å². The molecule has 0 aromatic heterocycles. The number of hydrazone groups is 1. The summed E-state index contributed by atoms with van der Waals surface area (Å²) in [6.45, 7) is 2.12. The zero-order chi connectivity index (χ0) is 25.9. The predicted octanol–water partition coefficient (Wildman–Crippen LogP) is 3.41. The van der Waals surface area contributed by atoms with Gasteiger partial charge in [-0.3, -0.25) is 9.59 Å². The van der Waals surface area contributed by atoms with E-state index < -0.39 is 17.8 Å². The minimum absolute atomic E-state index is 0.219. The van der Waals surface area contributed by atoms with E-state index in [0.717, 1.165) is 0 Å². The molecule has 0 fully saturated rings. The molecule has 0 aliphatic heterocycles. The van der Waals surface area contributed by atoms with Gasteiger partial charge in [0.25, 0.3) is 0 Å². The van der Waals surface area contributed by atoms with Crippen LogP contribution in [-0.4, -0.2) is 44.8 Å². The van der Waals surface area contributed by atoms with Crippen molar-refractivity contribution < 1.29 is 33.3 Å². The van der Waals surface area contributed by atoms with Crippen molar-refractivity contribution in [1.82, 2.24) is 5.43 Å². The van der Waals surface area contributed by atoms with Gasteiger partial charge in [0.05, 0.1) is 32.6 Å². The third kappa shape index (κ3) is 7.07. The van der Waals surface area contributed by atoms with Crippen LogP contribution in [0.15, 0.2) is 71.8 Å². The first-order chi connectivity index (χ1) is 17.4. The Balaban J connectivity index is 1.62. The van der Waals surface area contributed by atoms with Gasteiger partial charge in [0.15, 0.2) is 11.5 Å². The first-order valence-electron chi connectivity index (χ1n) is 10.8. The van der Waals surface area contributed by atoms with Crippen LogP contribution < -0.4 is 29.7 Å². The number of rotatable bonds is 9. The Bertz CT molecular complexity index is 1260. The summed E-state index contributed by atoms with van der Waals surface area (Å²) in [5, 5.41) is 6.26. The molecule has 3 aromatic carbocycles. The van der Waals surface area contributed by atoms with Crippen LogP contribution in [0.5, 0.6) is 23.0 Å². The van der Waals surface area contributed by atoms with Crippen molar-refractivity contribution >= 4 is 29.7 Å². The summed E-state index contributed by atoms with van der Waals surface area (Å²) in [5.74, 6) is -0.721. The molecule has 186 valence electrons. The van der Waals surface area contributed by atoms with E-state index >= 15 is 0 Å². The number of hydrogen-bond acceptors (Lipinski definition) is 8. The van der Waals surface area contributed by atoms with Gasteiger partial charge in [-0.15, -0.1) is 0 Å². The third-order valence-corrected chi connectivity index (χ3v) is 4.71. The van der Waals surface area contributed by atoms with Gasteiger partial charge in [0.1, 0.15) is 11.5 Å². The number of nitrogens with zero attached hydrogens (tertiary/aromatic N) is 1. The fourth-order valence-electron chi connectivity index (χ4n) is 2.95. The van der Waals surface area contributed by atoms with E-state index in [1.54, 1.807) is 73.7 Å². The Morgan fingerprint density at radius 1 is 0.861 bits per heavy atom. The molecule has 3 rings (SSSR count). The highest BCUT2D eigenvalue weighted by Gasteiger charge is 2.15. The van der Waals surface area contributed by atoms with Crippen molar-refractivity contribution in [2.45, 2.75) is 6.92 Å². The molecule has 2 amide bonds. The number of carbonyl (C=O) groups is 3. The van der Waals surface area contributed by atoms with E-state index in [1.165, 1.54) is 20.4 Å². The Morgan fingerprint density at radius 2 is 1.61 bits per heavy atom. The van der Waals surface area contributed by atoms with Crippen LogP contribution in [0.3, 0.4) is 0 Å². The molecule has 0 radical (unpaired) electrons. The first-order valence-corrected chi connectivity index (χ1v) is 10.8. The average molecular weight is 492 g/mol. The fourth-order valence-corrected chi connectivity index (χ4v) is 2.95. The zero-order valence-corrected chi connectivity index (χ0v) is 19.9. The van der Waals surface area contributed by atoms with E-state index in [1.807, 2.05) is 0 Å². The van der Waals surface area contributed by atoms with E-state index in [0.29, 0.717) is 40.7 Å². The predicted molar refractivity (Wildman–Crippen MR) is 133 cm³/mol. The van der Waals surface area contributed by atoms with Gasteiger partial charge in [-0.25, -0.2) is 10.2 Å². The number of hydrogen-bond donors (Lipinski definition) is 2. The molecule has 3 aromatic rings. The van der Waals surface area contributed by atoms with Crippen molar-refractivity contribution in [2.24, 2.45) is 5.10 Å². The van der Waals surface area contributed by atoms with Crippen molar-refractivity contribution in [2.75, 3.05) is 26.1 Å². The highest BCUT2D eigenvalue weighted by atomic mass is 16.6. The average Bonchev–Trinajstić information content (AvgIpc) is 2.90. The van der Waals surface area contributed by atoms with Gasteiger partial charge in [0.2, 0.25) is 0 Å². The number of methoxy groups -OCH3 is 2. The van der Waals surface area contributed by atoms with E-state index in [9.17, 15) is 14.4 Å². The topological polar surface area (TPSA) is 125 Å². The van der Waals surface area contributed by atoms with Gasteiger partial charge in [-0.1, -0.05) is 6.07 Å². The molecule has 0 saturated heterocycles. The zero-order valence-electron chi connectivity index (χ0n) is 19.9. The standard InChI is InChI=1S/C26H25N3O7/c1-4-35-23-14-17(8-13-22(23)36-26(32)18-9-11-20(33-2)12-10-18)16-27-29-25(31)24(30)28-19-6-5-7-21(15-19)34-3/h5-16H,4H2,1-3H3,(H,28,30)(H,29,31). The summed E-state index contributed by atoms with van der Waals surface area (Å²) < 4.78 is 21.2. The summed E-state index contributed by atoms with van der Waals surface area (Å²) in [5.41, 5.74) is 3.45. The largest absolute Gasteiger partial charge is 0.497 e. The summed E-state index contributed by atoms with van der Waals surface area (Å²) in [7, 11) is 3.03. The number of anilines is 1. The van der Waals surface area contributed by atoms with Crippen LogP contribution in [-0.2, 0) is 9.59 Å². The molecular formula is C26H25N3O7. The number of benzene rings is 3. The summed E-state index contributed by atoms with van der Waals surface area (Å²) >= 11 is 0. The number of nitrogens with one attached hydrogen (secondary N) is 2. The van der Waals surface area contributed by atoms with Gasteiger partial charge < -0.3 is 24.3 Å². The lowest BCUT2D eigenvalue weighted by atomic mass is 10.2. The Labute approximate surface area is 207 Å². The Kier molecular flexibility index (Phi) is 8.99. The molecule has 10 nitrogen and oxygen atoms in total. The second kappa shape index (κ2) is 12.6. The minimum atomic E-state index is -0.954. The van der Waals surface area contributed by atoms with Crippen LogP contribution >= 0.6 is 0 Å². The smallest absolute Gasteiger partial charge is 0.343 e. The molecule has 0 aliphatic carbocycles. The number of ether oxygens (including phenoxy) is 4. The van der Waals surface area contributed by atoms with E-state index in [4.69, 9.17) is 18.9 Å². The lowest BCUT2D eigenvalue weighted by Gasteiger charge is -2.11. The molecule has 36 heavy (non-hydrogen) atoms. The van der Waals surface area contributed by atoms with Crippen LogP contribution in [0, 0.1) is 0 Å². The molecule has 0 saturated carbocycles. The van der Waals surface area contributed by atoms with E-state index in [-0.39, 0.29) is 5.75 Å². The fraction of sp³-hybridized carbons (Fsp3) is 0.154. The highest BCUT2D eigenvalue weighted by Crippen LogP contribution is 2.29. The summed E-state index contributed by atoms with van der Waals surface area (Å²) in [6, 6.07) is 17.8. The maximum Gasteiger partial charge on any atom is 0.343 e. The van der Waals surface area contributed by atoms with Crippen LogP contribution in [0.4, 0.5) is 5.69 Å². The van der Waals surface area contributed by atoms with Gasteiger partial charge in [-0.2, -0.15) is 5.10 Å². The molecule has 0 spiro atoms. The van der Waals surface area contributed by atoms with Gasteiger partial charge >= 0.3 is 17.8 Å². The number of amides is 2. The molecule has 0 unspecified atom stereocenters. The molecule has 2 N–H and O–H groups in total. The number of esters is 1. The van der Waals surface area contributed by atoms with Crippen molar-refractivity contribution in [1.29, 1.82) is 0 Å². The lowest BCUT2D eigenvalue weighted by molar-refractivity contribution is -0.136. The van der Waals surface area contributed by atoms with E-state index in [2.05, 4.69) is 15.8 Å².